The molecule has 3 heteroatoms. The summed E-state index contributed by atoms with van der Waals surface area (Å²) in [5, 5.41) is 2.99. The molecular formula is C15H20FNO. The highest BCUT2D eigenvalue weighted by Gasteiger charge is 2.36. The summed E-state index contributed by atoms with van der Waals surface area (Å²) in [5.74, 6) is 0.191. The lowest BCUT2D eigenvalue weighted by atomic mass is 9.93. The fourth-order valence-electron chi connectivity index (χ4n) is 2.24. The molecule has 1 aliphatic carbocycles. The molecule has 0 bridgehead atoms. The van der Waals surface area contributed by atoms with Crippen LogP contribution in [0.3, 0.4) is 0 Å². The molecule has 0 saturated heterocycles. The zero-order valence-electron chi connectivity index (χ0n) is 10.8. The first-order chi connectivity index (χ1) is 8.72. The van der Waals surface area contributed by atoms with E-state index >= 15 is 0 Å². The Morgan fingerprint density at radius 1 is 1.39 bits per heavy atom. The SMILES string of the molecule is CCCCNC(=O)C(c1ccc(F)cc1)C1CC1. The summed E-state index contributed by atoms with van der Waals surface area (Å²) in [5.41, 5.74) is 0.938. The van der Waals surface area contributed by atoms with E-state index < -0.39 is 0 Å². The number of halogens is 1. The Kier molecular flexibility index (Phi) is 4.34. The molecule has 2 rings (SSSR count). The number of hydrogen-bond acceptors (Lipinski definition) is 1. The largest absolute Gasteiger partial charge is 0.356 e. The van der Waals surface area contributed by atoms with E-state index in [9.17, 15) is 9.18 Å². The molecule has 1 aromatic rings. The normalized spacial score (nSPS) is 16.3. The second-order valence-electron chi connectivity index (χ2n) is 5.01. The van der Waals surface area contributed by atoms with Crippen molar-refractivity contribution >= 4 is 5.91 Å². The van der Waals surface area contributed by atoms with Crippen molar-refractivity contribution < 1.29 is 9.18 Å². The first-order valence-electron chi connectivity index (χ1n) is 6.75. The van der Waals surface area contributed by atoms with Gasteiger partial charge in [-0.1, -0.05) is 25.5 Å². The number of carbonyl (C=O) groups is 1. The molecule has 1 fully saturated rings. The molecule has 2 nitrogen and oxygen atoms in total. The minimum atomic E-state index is -0.250. The summed E-state index contributed by atoms with van der Waals surface area (Å²) >= 11 is 0. The molecule has 0 spiro atoms. The van der Waals surface area contributed by atoms with Crippen molar-refractivity contribution in [1.82, 2.24) is 5.32 Å². The topological polar surface area (TPSA) is 29.1 Å². The summed E-state index contributed by atoms with van der Waals surface area (Å²) in [6, 6.07) is 6.34. The lowest BCUT2D eigenvalue weighted by molar-refractivity contribution is -0.123. The minimum Gasteiger partial charge on any atom is -0.356 e. The maximum Gasteiger partial charge on any atom is 0.227 e. The number of hydrogen-bond donors (Lipinski definition) is 1. The van der Waals surface area contributed by atoms with Crippen molar-refractivity contribution in [2.75, 3.05) is 6.54 Å². The second kappa shape index (κ2) is 5.98. The van der Waals surface area contributed by atoms with E-state index in [1.165, 1.54) is 12.1 Å². The number of nitrogens with one attached hydrogen (secondary N) is 1. The summed E-state index contributed by atoms with van der Waals surface area (Å²) in [6.07, 6.45) is 4.28. The van der Waals surface area contributed by atoms with E-state index in [-0.39, 0.29) is 17.6 Å². The Morgan fingerprint density at radius 3 is 2.61 bits per heavy atom. The van der Waals surface area contributed by atoms with Crippen LogP contribution in [0.25, 0.3) is 0 Å². The molecule has 0 heterocycles. The number of rotatable bonds is 6. The zero-order chi connectivity index (χ0) is 13.0. The first-order valence-corrected chi connectivity index (χ1v) is 6.75. The maximum absolute atomic E-state index is 12.9. The third-order valence-corrected chi connectivity index (χ3v) is 3.43. The van der Waals surface area contributed by atoms with Crippen molar-refractivity contribution in [1.29, 1.82) is 0 Å². The van der Waals surface area contributed by atoms with Crippen molar-refractivity contribution in [3.63, 3.8) is 0 Å². The van der Waals surface area contributed by atoms with Gasteiger partial charge >= 0.3 is 0 Å². The van der Waals surface area contributed by atoms with Gasteiger partial charge in [-0.3, -0.25) is 4.79 Å². The van der Waals surface area contributed by atoms with Gasteiger partial charge in [-0.05, 0) is 42.9 Å². The van der Waals surface area contributed by atoms with Crippen LogP contribution in [0.2, 0.25) is 0 Å². The van der Waals surface area contributed by atoms with Gasteiger partial charge in [-0.2, -0.15) is 0 Å². The number of benzene rings is 1. The van der Waals surface area contributed by atoms with Gasteiger partial charge in [0.2, 0.25) is 5.91 Å². The van der Waals surface area contributed by atoms with E-state index in [1.807, 2.05) is 0 Å². The molecule has 1 amide bonds. The van der Waals surface area contributed by atoms with Crippen LogP contribution in [-0.4, -0.2) is 12.5 Å². The average Bonchev–Trinajstić information content (AvgIpc) is 3.17. The predicted molar refractivity (Wildman–Crippen MR) is 69.8 cm³/mol. The van der Waals surface area contributed by atoms with Gasteiger partial charge in [0.15, 0.2) is 0 Å². The fraction of sp³-hybridized carbons (Fsp3) is 0.533. The van der Waals surface area contributed by atoms with Crippen LogP contribution in [0.15, 0.2) is 24.3 Å². The van der Waals surface area contributed by atoms with E-state index in [0.29, 0.717) is 5.92 Å². The van der Waals surface area contributed by atoms with Crippen LogP contribution in [0, 0.1) is 11.7 Å². The van der Waals surface area contributed by atoms with E-state index in [0.717, 1.165) is 37.8 Å². The molecule has 0 radical (unpaired) electrons. The minimum absolute atomic E-state index is 0.0949. The zero-order valence-corrected chi connectivity index (χ0v) is 10.8. The number of carbonyl (C=O) groups excluding carboxylic acids is 1. The fourth-order valence-corrected chi connectivity index (χ4v) is 2.24. The van der Waals surface area contributed by atoms with Gasteiger partial charge in [0.25, 0.3) is 0 Å². The van der Waals surface area contributed by atoms with Gasteiger partial charge in [0.05, 0.1) is 5.92 Å². The van der Waals surface area contributed by atoms with Crippen LogP contribution >= 0.6 is 0 Å². The van der Waals surface area contributed by atoms with Gasteiger partial charge in [-0.25, -0.2) is 4.39 Å². The first kappa shape index (κ1) is 13.1. The Bertz CT molecular complexity index is 397. The monoisotopic (exact) mass is 249 g/mol. The molecule has 0 aromatic heterocycles. The predicted octanol–water partition coefficient (Wildman–Crippen LogP) is 3.24. The molecule has 1 aromatic carbocycles. The third-order valence-electron chi connectivity index (χ3n) is 3.43. The second-order valence-corrected chi connectivity index (χ2v) is 5.01. The highest BCUT2D eigenvalue weighted by molar-refractivity contribution is 5.84. The molecule has 0 aliphatic heterocycles. The van der Waals surface area contributed by atoms with Crippen molar-refractivity contribution in [3.8, 4) is 0 Å². The van der Waals surface area contributed by atoms with Gasteiger partial charge in [0, 0.05) is 6.54 Å². The van der Waals surface area contributed by atoms with Gasteiger partial charge in [-0.15, -0.1) is 0 Å². The van der Waals surface area contributed by atoms with E-state index in [1.54, 1.807) is 12.1 Å². The molecule has 1 aliphatic rings. The quantitative estimate of drug-likeness (QED) is 0.770. The average molecular weight is 249 g/mol. The Hall–Kier alpha value is -1.38. The van der Waals surface area contributed by atoms with Crippen LogP contribution in [0.5, 0.6) is 0 Å². The highest BCUT2D eigenvalue weighted by Crippen LogP contribution is 2.42. The van der Waals surface area contributed by atoms with Crippen LogP contribution in [0.1, 0.15) is 44.1 Å². The molecule has 1 N–H and O–H groups in total. The van der Waals surface area contributed by atoms with Crippen molar-refractivity contribution in [2.45, 2.75) is 38.5 Å². The van der Waals surface area contributed by atoms with Gasteiger partial charge in [0.1, 0.15) is 5.82 Å². The smallest absolute Gasteiger partial charge is 0.227 e. The number of amides is 1. The Morgan fingerprint density at radius 2 is 2.06 bits per heavy atom. The van der Waals surface area contributed by atoms with Gasteiger partial charge < -0.3 is 5.32 Å². The molecule has 98 valence electrons. The van der Waals surface area contributed by atoms with Crippen LogP contribution in [0.4, 0.5) is 4.39 Å². The maximum atomic E-state index is 12.9. The summed E-state index contributed by atoms with van der Waals surface area (Å²) in [7, 11) is 0. The lowest BCUT2D eigenvalue weighted by Crippen LogP contribution is -2.31. The molecule has 1 unspecified atom stereocenters. The number of unbranched alkanes of at least 4 members (excludes halogenated alkanes) is 1. The standard InChI is InChI=1S/C15H20FNO/c1-2-3-10-17-15(18)14(11-4-5-11)12-6-8-13(16)9-7-12/h6-9,11,14H,2-5,10H2,1H3,(H,17,18). The summed E-state index contributed by atoms with van der Waals surface area (Å²) in [4.78, 5) is 12.2. The van der Waals surface area contributed by atoms with E-state index in [2.05, 4.69) is 12.2 Å². The van der Waals surface area contributed by atoms with Crippen LogP contribution < -0.4 is 5.32 Å². The molecule has 1 saturated carbocycles. The molecule has 1 atom stereocenters. The summed E-state index contributed by atoms with van der Waals surface area (Å²) < 4.78 is 12.9. The molecule has 18 heavy (non-hydrogen) atoms. The van der Waals surface area contributed by atoms with Crippen LogP contribution in [-0.2, 0) is 4.79 Å². The highest BCUT2D eigenvalue weighted by atomic mass is 19.1. The van der Waals surface area contributed by atoms with E-state index in [4.69, 9.17) is 0 Å². The summed E-state index contributed by atoms with van der Waals surface area (Å²) in [6.45, 7) is 2.84. The third kappa shape index (κ3) is 3.31. The molecular weight excluding hydrogens is 229 g/mol. The van der Waals surface area contributed by atoms with Crippen molar-refractivity contribution in [3.05, 3.63) is 35.6 Å². The lowest BCUT2D eigenvalue weighted by Gasteiger charge is -2.16. The Balaban J connectivity index is 2.03. The Labute approximate surface area is 108 Å². The van der Waals surface area contributed by atoms with Crippen molar-refractivity contribution in [2.24, 2.45) is 5.92 Å².